The molecular weight excluding hydrogens is 377 g/mol. The van der Waals surface area contributed by atoms with E-state index >= 15 is 0 Å². The van der Waals surface area contributed by atoms with Crippen molar-refractivity contribution in [1.82, 2.24) is 0 Å². The maximum atomic E-state index is 6.34. The number of rotatable bonds is 6. The van der Waals surface area contributed by atoms with E-state index in [0.29, 0.717) is 34.0 Å². The third kappa shape index (κ3) is 5.05. The zero-order valence-corrected chi connectivity index (χ0v) is 15.6. The van der Waals surface area contributed by atoms with Crippen LogP contribution in [0.5, 0.6) is 5.75 Å². The van der Waals surface area contributed by atoms with Crippen LogP contribution < -0.4 is 10.1 Å². The Kier molecular flexibility index (Phi) is 6.09. The maximum Gasteiger partial charge on any atom is 0.138 e. The van der Waals surface area contributed by atoms with Gasteiger partial charge in [-0.1, -0.05) is 65.1 Å². The number of ether oxygens (including phenoxy) is 1. The van der Waals surface area contributed by atoms with E-state index < -0.39 is 0 Å². The Morgan fingerprint density at radius 1 is 0.760 bits per heavy atom. The second-order valence-electron chi connectivity index (χ2n) is 5.52. The molecule has 0 aliphatic rings. The first kappa shape index (κ1) is 17.9. The van der Waals surface area contributed by atoms with E-state index in [4.69, 9.17) is 39.5 Å². The summed E-state index contributed by atoms with van der Waals surface area (Å²) < 4.78 is 5.78. The lowest BCUT2D eigenvalue weighted by Crippen LogP contribution is -2.01. The van der Waals surface area contributed by atoms with Crippen molar-refractivity contribution < 1.29 is 4.74 Å². The summed E-state index contributed by atoms with van der Waals surface area (Å²) in [6.07, 6.45) is 0. The van der Waals surface area contributed by atoms with Crippen LogP contribution >= 0.6 is 34.8 Å². The van der Waals surface area contributed by atoms with Gasteiger partial charge in [0, 0.05) is 11.6 Å². The van der Waals surface area contributed by atoms with Gasteiger partial charge in [-0.15, -0.1) is 0 Å². The molecule has 0 saturated carbocycles. The molecule has 0 fully saturated rings. The molecule has 5 heteroatoms. The van der Waals surface area contributed by atoms with Gasteiger partial charge in [0.05, 0.1) is 15.7 Å². The smallest absolute Gasteiger partial charge is 0.138 e. The topological polar surface area (TPSA) is 21.3 Å². The molecular formula is C20H16Cl3NO. The average Bonchev–Trinajstić information content (AvgIpc) is 2.60. The molecule has 0 radical (unpaired) electrons. The van der Waals surface area contributed by atoms with Gasteiger partial charge < -0.3 is 10.1 Å². The molecule has 0 aromatic heterocycles. The summed E-state index contributed by atoms with van der Waals surface area (Å²) in [6.45, 7) is 1.04. The Morgan fingerprint density at radius 3 is 2.36 bits per heavy atom. The monoisotopic (exact) mass is 391 g/mol. The molecule has 0 bridgehead atoms. The Balaban J connectivity index is 1.61. The van der Waals surface area contributed by atoms with Crippen LogP contribution in [0.1, 0.15) is 11.1 Å². The number of para-hydroxylation sites is 1. The molecule has 128 valence electrons. The summed E-state index contributed by atoms with van der Waals surface area (Å²) >= 11 is 18.5. The standard InChI is InChI=1S/C20H16Cl3NO/c21-16-5-3-4-15(10-16)13-25-20-9-8-14(11-18(20)23)12-24-19-7-2-1-6-17(19)22/h1-11,24H,12-13H2. The van der Waals surface area contributed by atoms with Gasteiger partial charge in [-0.05, 0) is 47.5 Å². The van der Waals surface area contributed by atoms with Gasteiger partial charge in [0.15, 0.2) is 0 Å². The summed E-state index contributed by atoms with van der Waals surface area (Å²) in [5.41, 5.74) is 2.93. The fourth-order valence-corrected chi connectivity index (χ4v) is 3.03. The minimum atomic E-state index is 0.414. The fourth-order valence-electron chi connectivity index (χ4n) is 2.36. The van der Waals surface area contributed by atoms with Crippen molar-refractivity contribution in [3.05, 3.63) is 92.9 Å². The molecule has 0 aliphatic heterocycles. The molecule has 0 aliphatic carbocycles. The third-order valence-electron chi connectivity index (χ3n) is 3.64. The molecule has 3 rings (SSSR count). The van der Waals surface area contributed by atoms with Crippen molar-refractivity contribution in [2.45, 2.75) is 13.2 Å². The molecule has 0 unspecified atom stereocenters. The number of hydrogen-bond acceptors (Lipinski definition) is 2. The van der Waals surface area contributed by atoms with Crippen molar-refractivity contribution in [1.29, 1.82) is 0 Å². The lowest BCUT2D eigenvalue weighted by atomic mass is 10.2. The first-order valence-electron chi connectivity index (χ1n) is 7.76. The summed E-state index contributed by atoms with van der Waals surface area (Å²) in [4.78, 5) is 0. The van der Waals surface area contributed by atoms with Crippen LogP contribution in [0, 0.1) is 0 Å². The minimum Gasteiger partial charge on any atom is -0.487 e. The number of halogens is 3. The van der Waals surface area contributed by atoms with Crippen molar-refractivity contribution in [3.63, 3.8) is 0 Å². The molecule has 0 amide bonds. The SMILES string of the molecule is Clc1cccc(COc2ccc(CNc3ccccc3Cl)cc2Cl)c1. The summed E-state index contributed by atoms with van der Waals surface area (Å²) in [7, 11) is 0. The molecule has 0 spiro atoms. The van der Waals surface area contributed by atoms with Gasteiger partial charge >= 0.3 is 0 Å². The van der Waals surface area contributed by atoms with E-state index in [1.165, 1.54) is 0 Å². The minimum absolute atomic E-state index is 0.414. The number of anilines is 1. The van der Waals surface area contributed by atoms with E-state index in [1.807, 2.05) is 66.7 Å². The molecule has 0 saturated heterocycles. The fraction of sp³-hybridized carbons (Fsp3) is 0.100. The highest BCUT2D eigenvalue weighted by Gasteiger charge is 2.05. The summed E-state index contributed by atoms with van der Waals surface area (Å²) in [5.74, 6) is 0.642. The van der Waals surface area contributed by atoms with Crippen LogP contribution in [0.15, 0.2) is 66.7 Å². The van der Waals surface area contributed by atoms with Crippen LogP contribution in [-0.4, -0.2) is 0 Å². The van der Waals surface area contributed by atoms with E-state index in [9.17, 15) is 0 Å². The second-order valence-corrected chi connectivity index (χ2v) is 6.77. The highest BCUT2D eigenvalue weighted by molar-refractivity contribution is 6.33. The lowest BCUT2D eigenvalue weighted by molar-refractivity contribution is 0.306. The van der Waals surface area contributed by atoms with Gasteiger partial charge in [-0.25, -0.2) is 0 Å². The van der Waals surface area contributed by atoms with Crippen LogP contribution in [0.2, 0.25) is 15.1 Å². The maximum absolute atomic E-state index is 6.34. The van der Waals surface area contributed by atoms with Gasteiger partial charge in [0.25, 0.3) is 0 Å². The number of nitrogens with one attached hydrogen (secondary N) is 1. The number of benzene rings is 3. The summed E-state index contributed by atoms with van der Waals surface area (Å²) in [6, 6.07) is 20.9. The van der Waals surface area contributed by atoms with E-state index in [2.05, 4.69) is 5.32 Å². The highest BCUT2D eigenvalue weighted by atomic mass is 35.5. The van der Waals surface area contributed by atoms with E-state index in [0.717, 1.165) is 16.8 Å². The van der Waals surface area contributed by atoms with Crippen molar-refractivity contribution in [2.24, 2.45) is 0 Å². The zero-order valence-electron chi connectivity index (χ0n) is 13.3. The largest absolute Gasteiger partial charge is 0.487 e. The van der Waals surface area contributed by atoms with Crippen molar-refractivity contribution in [2.75, 3.05) is 5.32 Å². The second kappa shape index (κ2) is 8.48. The third-order valence-corrected chi connectivity index (χ3v) is 4.50. The van der Waals surface area contributed by atoms with Crippen LogP contribution in [-0.2, 0) is 13.2 Å². The molecule has 0 heterocycles. The van der Waals surface area contributed by atoms with E-state index in [1.54, 1.807) is 0 Å². The van der Waals surface area contributed by atoms with Crippen LogP contribution in [0.3, 0.4) is 0 Å². The van der Waals surface area contributed by atoms with Gasteiger partial charge in [0.1, 0.15) is 12.4 Å². The van der Waals surface area contributed by atoms with Crippen molar-refractivity contribution in [3.8, 4) is 5.75 Å². The molecule has 1 N–H and O–H groups in total. The molecule has 2 nitrogen and oxygen atoms in total. The van der Waals surface area contributed by atoms with Crippen LogP contribution in [0.25, 0.3) is 0 Å². The zero-order chi connectivity index (χ0) is 17.6. The number of hydrogen-bond donors (Lipinski definition) is 1. The van der Waals surface area contributed by atoms with Gasteiger partial charge in [0.2, 0.25) is 0 Å². The molecule has 0 atom stereocenters. The van der Waals surface area contributed by atoms with Gasteiger partial charge in [-0.2, -0.15) is 0 Å². The average molecular weight is 393 g/mol. The molecule has 3 aromatic carbocycles. The quantitative estimate of drug-likeness (QED) is 0.496. The molecule has 3 aromatic rings. The first-order valence-corrected chi connectivity index (χ1v) is 8.89. The normalized spacial score (nSPS) is 10.5. The molecule has 25 heavy (non-hydrogen) atoms. The Morgan fingerprint density at radius 2 is 1.60 bits per heavy atom. The highest BCUT2D eigenvalue weighted by Crippen LogP contribution is 2.28. The predicted octanol–water partition coefficient (Wildman–Crippen LogP) is 6.84. The lowest BCUT2D eigenvalue weighted by Gasteiger charge is -2.11. The van der Waals surface area contributed by atoms with E-state index in [-0.39, 0.29) is 0 Å². The van der Waals surface area contributed by atoms with Crippen LogP contribution in [0.4, 0.5) is 5.69 Å². The first-order chi connectivity index (χ1) is 12.1. The summed E-state index contributed by atoms with van der Waals surface area (Å²) in [5, 5.41) is 5.24. The van der Waals surface area contributed by atoms with Crippen molar-refractivity contribution >= 4 is 40.5 Å². The Labute approximate surface area is 162 Å². The Bertz CT molecular complexity index is 867. The van der Waals surface area contributed by atoms with Gasteiger partial charge in [-0.3, -0.25) is 0 Å². The predicted molar refractivity (Wildman–Crippen MR) is 106 cm³/mol. The Hall–Kier alpha value is -1.87.